The van der Waals surface area contributed by atoms with Crippen molar-refractivity contribution in [1.29, 1.82) is 0 Å². The molecule has 4 aliphatic carbocycles. The van der Waals surface area contributed by atoms with E-state index in [0.29, 0.717) is 0 Å². The molecular weight excluding hydrogens is 1780 g/mol. The van der Waals surface area contributed by atoms with Crippen molar-refractivity contribution in [3.8, 4) is 33.4 Å². The van der Waals surface area contributed by atoms with Crippen LogP contribution in [-0.4, -0.2) is 10.9 Å². The van der Waals surface area contributed by atoms with Crippen LogP contribution >= 0.6 is 143 Å². The van der Waals surface area contributed by atoms with Gasteiger partial charge in [0.1, 0.15) is 5.60 Å². The fraction of sp³-hybridized carbons (Fsp3) is 0.129. The van der Waals surface area contributed by atoms with E-state index in [4.69, 9.17) is 0 Å². The van der Waals surface area contributed by atoms with Crippen molar-refractivity contribution in [3.05, 3.63) is 385 Å². The molecule has 480 valence electrons. The largest absolute Gasteiger partial charge is 1.00 e. The Hall–Kier alpha value is -4.81. The number of ketones is 1. The van der Waals surface area contributed by atoms with Gasteiger partial charge in [-0.3, -0.25) is 4.79 Å². The number of fused-ring (bicyclic) bond motifs is 15. The number of hydrogen-bond donors (Lipinski definition) is 1. The molecule has 0 saturated carbocycles. The standard InChI is InChI=1S/C27H19Br3O.C27H18Br2.C14H12Br2.C13H6Br2O.C4H9.Li/c28-19-11-13-21-22-14-12-20(29)16-25(22)27(31,24(21)15-19)23-7-3-1-5-17(23)9-10-18-6-2-4-8-26(18)30;28-19-11-13-21-22-14-12-20(29)16-26(22)27(25(21)15-19)23-7-3-1-5-17(23)9-10-18-6-2-4-8-24(18)27;15-13-7-3-1-5-11(13)9-10-12-6-2-4-8-14(12)16;14-7-1-3-9-10-4-2-8(15)6-12(10)13(16)11(9)5-7;1-3-4-2;/h1-8,11-16,31H,9-10H2;1-8,11-16H,9-10H2;1-8H,9-10H2;1-6H;1,3-4H2,2H3;/q;;;;-1;+1. The van der Waals surface area contributed by atoms with E-state index in [1.54, 1.807) is 0 Å². The second-order valence-corrected chi connectivity index (χ2v) is 32.1. The van der Waals surface area contributed by atoms with Gasteiger partial charge in [-0.1, -0.05) is 321 Å². The van der Waals surface area contributed by atoms with E-state index in [1.165, 1.54) is 76.6 Å². The van der Waals surface area contributed by atoms with Crippen LogP contribution in [0.5, 0.6) is 0 Å². The van der Waals surface area contributed by atoms with Gasteiger partial charge in [0.15, 0.2) is 5.78 Å². The first-order valence-electron chi connectivity index (χ1n) is 31.8. The minimum Gasteiger partial charge on any atom is -0.376 e. The van der Waals surface area contributed by atoms with Crippen molar-refractivity contribution in [2.24, 2.45) is 0 Å². The van der Waals surface area contributed by atoms with Gasteiger partial charge in [0.2, 0.25) is 0 Å². The number of halogens is 9. The first-order chi connectivity index (χ1) is 46.5. The van der Waals surface area contributed by atoms with Crippen molar-refractivity contribution in [2.75, 3.05) is 0 Å². The molecule has 0 atom stereocenters. The van der Waals surface area contributed by atoms with Crippen molar-refractivity contribution in [1.82, 2.24) is 0 Å². The average molecular weight is 1840 g/mol. The summed E-state index contributed by atoms with van der Waals surface area (Å²) in [5.41, 5.74) is 23.3. The smallest absolute Gasteiger partial charge is 0.376 e. The van der Waals surface area contributed by atoms with Crippen LogP contribution in [0.4, 0.5) is 0 Å². The summed E-state index contributed by atoms with van der Waals surface area (Å²) >= 11 is 32.3. The van der Waals surface area contributed by atoms with Crippen LogP contribution in [0, 0.1) is 6.92 Å². The van der Waals surface area contributed by atoms with Gasteiger partial charge in [0.25, 0.3) is 0 Å². The maximum atomic E-state index is 12.4. The zero-order valence-corrected chi connectivity index (χ0v) is 67.6. The summed E-state index contributed by atoms with van der Waals surface area (Å²) in [4.78, 5) is 12.2. The number of benzene rings is 12. The summed E-state index contributed by atoms with van der Waals surface area (Å²) < 4.78 is 9.56. The minimum atomic E-state index is -1.21. The molecule has 12 aromatic carbocycles. The molecule has 0 radical (unpaired) electrons. The van der Waals surface area contributed by atoms with E-state index in [-0.39, 0.29) is 30.1 Å². The van der Waals surface area contributed by atoms with Gasteiger partial charge < -0.3 is 12.0 Å². The third-order valence-electron chi connectivity index (χ3n) is 18.3. The molecule has 0 fully saturated rings. The number of aliphatic hydroxyl groups is 1. The number of unbranched alkanes of at least 4 members (excludes halogenated alkanes) is 1. The van der Waals surface area contributed by atoms with E-state index in [0.717, 1.165) is 132 Å². The fourth-order valence-corrected chi connectivity index (χ4v) is 17.4. The fourth-order valence-electron chi connectivity index (χ4n) is 13.8. The monoisotopic (exact) mass is 1830 g/mol. The molecule has 0 saturated heterocycles. The molecule has 0 unspecified atom stereocenters. The topological polar surface area (TPSA) is 37.3 Å². The Morgan fingerprint density at radius 2 is 0.608 bits per heavy atom. The number of aryl methyl sites for hydroxylation is 6. The van der Waals surface area contributed by atoms with Gasteiger partial charge in [-0.15, -0.1) is 0 Å². The maximum absolute atomic E-state index is 12.4. The van der Waals surface area contributed by atoms with Crippen molar-refractivity contribution >= 4 is 149 Å². The second-order valence-electron chi connectivity index (χ2n) is 24.0. The van der Waals surface area contributed by atoms with Crippen LogP contribution in [-0.2, 0) is 49.5 Å². The first kappa shape index (κ1) is 73.4. The molecule has 0 aromatic heterocycles. The Morgan fingerprint density at radius 3 is 0.969 bits per heavy atom. The van der Waals surface area contributed by atoms with E-state index in [2.05, 4.69) is 327 Å². The van der Waals surface area contributed by atoms with Crippen LogP contribution in [0.3, 0.4) is 0 Å². The molecule has 12 aromatic rings. The van der Waals surface area contributed by atoms with Gasteiger partial charge in [-0.25, -0.2) is 0 Å². The molecule has 2 nitrogen and oxygen atoms in total. The predicted octanol–water partition coefficient (Wildman–Crippen LogP) is 23.7. The van der Waals surface area contributed by atoms with Gasteiger partial charge in [-0.05, 0) is 224 Å². The minimum absolute atomic E-state index is 0. The van der Waals surface area contributed by atoms with E-state index < -0.39 is 5.60 Å². The van der Waals surface area contributed by atoms with Crippen molar-refractivity contribution < 1.29 is 28.8 Å². The van der Waals surface area contributed by atoms with Gasteiger partial charge in [0.05, 0.1) is 5.41 Å². The Morgan fingerprint density at radius 1 is 0.330 bits per heavy atom. The van der Waals surface area contributed by atoms with Crippen LogP contribution in [0.25, 0.3) is 33.4 Å². The summed E-state index contributed by atoms with van der Waals surface area (Å²) in [5, 5.41) is 12.4. The SMILES string of the molecule is Brc1ccc2c(c1)C1(c3ccccc3CCc3ccccc31)c1cc(Br)ccc1-2.Brc1ccccc1CCc1ccccc1Br.O=C1c2cc(Br)ccc2-c2ccc(Br)cc21.OC1(c2ccccc2CCc2ccccc2Br)c2cc(Br)ccc2-c2ccc(Br)cc21.[CH2-]CCC.[Li+]. The van der Waals surface area contributed by atoms with Crippen LogP contribution < -0.4 is 18.9 Å². The number of carbonyl (C=O) groups is 1. The predicted molar refractivity (Wildman–Crippen MR) is 431 cm³/mol. The molecule has 12 heteroatoms. The Labute approximate surface area is 658 Å². The molecule has 97 heavy (non-hydrogen) atoms. The van der Waals surface area contributed by atoms with E-state index in [9.17, 15) is 9.90 Å². The van der Waals surface area contributed by atoms with Crippen molar-refractivity contribution in [3.63, 3.8) is 0 Å². The Bertz CT molecular complexity index is 4630. The number of hydrogen-bond acceptors (Lipinski definition) is 2. The summed E-state index contributed by atoms with van der Waals surface area (Å²) in [7, 11) is 0. The van der Waals surface area contributed by atoms with Gasteiger partial charge in [-0.2, -0.15) is 6.42 Å². The molecule has 16 rings (SSSR count). The molecule has 0 amide bonds. The zero-order chi connectivity index (χ0) is 67.3. The van der Waals surface area contributed by atoms with Crippen LogP contribution in [0.15, 0.2) is 295 Å². The molecule has 1 N–H and O–H groups in total. The Kier molecular flexibility index (Phi) is 24.9. The quantitative estimate of drug-likeness (QED) is 0.122. The number of carbonyl (C=O) groups excluding carboxylic acids is 1. The summed E-state index contributed by atoms with van der Waals surface area (Å²) in [6, 6.07) is 89.0. The third-order valence-corrected chi connectivity index (χ3v) is 23.6. The molecule has 0 bridgehead atoms. The van der Waals surface area contributed by atoms with Gasteiger partial charge in [0, 0.05) is 62.5 Å². The maximum Gasteiger partial charge on any atom is 1.00 e. The normalized spacial score (nSPS) is 13.0. The van der Waals surface area contributed by atoms with Crippen LogP contribution in [0.2, 0.25) is 0 Å². The summed E-state index contributed by atoms with van der Waals surface area (Å²) in [6.45, 7) is 5.72. The first-order valence-corrected chi connectivity index (χ1v) is 39.0. The summed E-state index contributed by atoms with van der Waals surface area (Å²) in [6.07, 6.45) is 8.27. The van der Waals surface area contributed by atoms with E-state index >= 15 is 0 Å². The van der Waals surface area contributed by atoms with Gasteiger partial charge >= 0.3 is 18.9 Å². The van der Waals surface area contributed by atoms with E-state index in [1.807, 2.05) is 84.9 Å². The third kappa shape index (κ3) is 15.4. The number of rotatable bonds is 8. The van der Waals surface area contributed by atoms with Crippen LogP contribution in [0.1, 0.15) is 108 Å². The Balaban J connectivity index is 0.000000133. The molecule has 1 spiro atoms. The second kappa shape index (κ2) is 32.9. The average Bonchev–Trinajstić information content (AvgIpc) is 1.55. The molecular formula is C85H64Br9LiO2. The molecule has 0 heterocycles. The molecule has 0 aliphatic heterocycles. The summed E-state index contributed by atoms with van der Waals surface area (Å²) in [5.74, 6) is 0.104. The zero-order valence-electron chi connectivity index (χ0n) is 53.4. The van der Waals surface area contributed by atoms with Crippen molar-refractivity contribution in [2.45, 2.75) is 69.3 Å². The molecule has 4 aliphatic rings.